The van der Waals surface area contributed by atoms with Gasteiger partial charge in [0.25, 0.3) is 0 Å². The molecule has 1 aliphatic rings. The van der Waals surface area contributed by atoms with Crippen LogP contribution >= 0.6 is 15.9 Å². The van der Waals surface area contributed by atoms with Crippen LogP contribution in [0.25, 0.3) is 0 Å². The predicted molar refractivity (Wildman–Crippen MR) is 79.6 cm³/mol. The average Bonchev–Trinajstić information content (AvgIpc) is 3.17. The van der Waals surface area contributed by atoms with Gasteiger partial charge in [0, 0.05) is 28.7 Å². The van der Waals surface area contributed by atoms with Crippen LogP contribution in [0.4, 0.5) is 0 Å². The maximum absolute atomic E-state index is 5.86. The van der Waals surface area contributed by atoms with Crippen molar-refractivity contribution in [3.63, 3.8) is 0 Å². The normalized spacial score (nSPS) is 14.5. The summed E-state index contributed by atoms with van der Waals surface area (Å²) in [6.07, 6.45) is 2.56. The summed E-state index contributed by atoms with van der Waals surface area (Å²) in [6, 6.07) is 8.64. The summed E-state index contributed by atoms with van der Waals surface area (Å²) in [6.45, 7) is 3.13. The maximum atomic E-state index is 5.86. The van der Waals surface area contributed by atoms with Gasteiger partial charge in [-0.2, -0.15) is 0 Å². The third-order valence-electron chi connectivity index (χ3n) is 3.23. The highest BCUT2D eigenvalue weighted by Crippen LogP contribution is 2.26. The number of aryl methyl sites for hydroxylation is 1. The Morgan fingerprint density at radius 1 is 1.40 bits per heavy atom. The molecule has 1 aromatic heterocycles. The first-order chi connectivity index (χ1) is 9.70. The second-order valence-electron chi connectivity index (χ2n) is 5.12. The minimum Gasteiger partial charge on any atom is -0.487 e. The van der Waals surface area contributed by atoms with Crippen LogP contribution in [0.2, 0.25) is 0 Å². The van der Waals surface area contributed by atoms with Crippen LogP contribution in [0.5, 0.6) is 5.75 Å². The fourth-order valence-corrected chi connectivity index (χ4v) is 2.41. The number of nitrogens with zero attached hydrogens (tertiary/aromatic N) is 1. The molecule has 5 heteroatoms. The Balaban J connectivity index is 1.66. The summed E-state index contributed by atoms with van der Waals surface area (Å²) < 4.78 is 12.0. The highest BCUT2D eigenvalue weighted by atomic mass is 79.9. The van der Waals surface area contributed by atoms with Gasteiger partial charge in [-0.1, -0.05) is 21.1 Å². The van der Waals surface area contributed by atoms with Crippen molar-refractivity contribution in [1.82, 2.24) is 10.5 Å². The molecule has 0 saturated heterocycles. The molecule has 1 heterocycles. The first-order valence-electron chi connectivity index (χ1n) is 6.77. The second-order valence-corrected chi connectivity index (χ2v) is 6.04. The van der Waals surface area contributed by atoms with Crippen molar-refractivity contribution in [2.24, 2.45) is 0 Å². The van der Waals surface area contributed by atoms with Gasteiger partial charge in [0.15, 0.2) is 0 Å². The zero-order valence-electron chi connectivity index (χ0n) is 11.4. The van der Waals surface area contributed by atoms with Gasteiger partial charge in [0.2, 0.25) is 0 Å². The molecule has 0 unspecified atom stereocenters. The molecule has 0 amide bonds. The van der Waals surface area contributed by atoms with Crippen molar-refractivity contribution in [3.05, 3.63) is 45.8 Å². The number of halogens is 1. The van der Waals surface area contributed by atoms with E-state index in [1.54, 1.807) is 0 Å². The molecule has 1 N–H and O–H groups in total. The van der Waals surface area contributed by atoms with Gasteiger partial charge in [-0.05, 0) is 38.0 Å². The lowest BCUT2D eigenvalue weighted by atomic mass is 10.2. The zero-order chi connectivity index (χ0) is 13.9. The number of rotatable bonds is 6. The van der Waals surface area contributed by atoms with Crippen molar-refractivity contribution < 1.29 is 9.26 Å². The lowest BCUT2D eigenvalue weighted by molar-refractivity contribution is 0.284. The number of hydrogen-bond donors (Lipinski definition) is 1. The first kappa shape index (κ1) is 13.6. The summed E-state index contributed by atoms with van der Waals surface area (Å²) in [5.41, 5.74) is 1.97. The predicted octanol–water partition coefficient (Wildman–Crippen LogP) is 3.58. The van der Waals surface area contributed by atoms with Gasteiger partial charge in [-0.15, -0.1) is 0 Å². The van der Waals surface area contributed by atoms with Gasteiger partial charge in [0.05, 0.1) is 0 Å². The lowest BCUT2D eigenvalue weighted by Gasteiger charge is -2.11. The smallest absolute Gasteiger partial charge is 0.134 e. The molecular formula is C15H17BrN2O2. The number of hydrogen-bond acceptors (Lipinski definition) is 4. The minimum atomic E-state index is 0.426. The molecule has 0 aliphatic heterocycles. The Labute approximate surface area is 126 Å². The van der Waals surface area contributed by atoms with E-state index in [0.717, 1.165) is 33.8 Å². The van der Waals surface area contributed by atoms with E-state index in [1.165, 1.54) is 12.8 Å². The third kappa shape index (κ3) is 3.61. The molecule has 2 aromatic rings. The molecule has 1 aromatic carbocycles. The van der Waals surface area contributed by atoms with Crippen LogP contribution in [-0.2, 0) is 13.2 Å². The maximum Gasteiger partial charge on any atom is 0.134 e. The Hall–Kier alpha value is -1.33. The molecule has 106 valence electrons. The van der Waals surface area contributed by atoms with E-state index in [1.807, 2.05) is 25.1 Å². The molecule has 1 aliphatic carbocycles. The largest absolute Gasteiger partial charge is 0.487 e. The van der Waals surface area contributed by atoms with E-state index in [2.05, 4.69) is 32.5 Å². The average molecular weight is 337 g/mol. The summed E-state index contributed by atoms with van der Waals surface area (Å²) in [4.78, 5) is 0. The van der Waals surface area contributed by atoms with Gasteiger partial charge in [-0.3, -0.25) is 0 Å². The summed E-state index contributed by atoms with van der Waals surface area (Å²) in [5, 5.41) is 7.45. The zero-order valence-corrected chi connectivity index (χ0v) is 12.9. The summed E-state index contributed by atoms with van der Waals surface area (Å²) in [7, 11) is 0. The van der Waals surface area contributed by atoms with Gasteiger partial charge < -0.3 is 14.6 Å². The first-order valence-corrected chi connectivity index (χ1v) is 7.57. The van der Waals surface area contributed by atoms with Crippen molar-refractivity contribution in [2.75, 3.05) is 0 Å². The molecule has 20 heavy (non-hydrogen) atoms. The van der Waals surface area contributed by atoms with Crippen LogP contribution in [0.3, 0.4) is 0 Å². The van der Waals surface area contributed by atoms with Crippen LogP contribution in [-0.4, -0.2) is 11.2 Å². The Kier molecular flexibility index (Phi) is 4.08. The fraction of sp³-hybridized carbons (Fsp3) is 0.400. The van der Waals surface area contributed by atoms with Crippen LogP contribution in [0.1, 0.15) is 29.9 Å². The van der Waals surface area contributed by atoms with E-state index >= 15 is 0 Å². The van der Waals surface area contributed by atoms with E-state index in [-0.39, 0.29) is 0 Å². The molecule has 3 rings (SSSR count). The second kappa shape index (κ2) is 5.97. The standard InChI is InChI=1S/C15H17BrN2O2/c1-10-6-14(18-20-10)9-19-15-5-2-12(16)7-11(15)8-17-13-3-4-13/h2,5-7,13,17H,3-4,8-9H2,1H3. The molecule has 4 nitrogen and oxygen atoms in total. The van der Waals surface area contributed by atoms with E-state index in [4.69, 9.17) is 9.26 Å². The Bertz CT molecular complexity index is 593. The monoisotopic (exact) mass is 336 g/mol. The van der Waals surface area contributed by atoms with E-state index in [0.29, 0.717) is 12.6 Å². The minimum absolute atomic E-state index is 0.426. The summed E-state index contributed by atoms with van der Waals surface area (Å²) >= 11 is 3.51. The topological polar surface area (TPSA) is 47.3 Å². The molecule has 0 atom stereocenters. The summed E-state index contributed by atoms with van der Waals surface area (Å²) in [5.74, 6) is 1.69. The van der Waals surface area contributed by atoms with Crippen LogP contribution in [0.15, 0.2) is 33.3 Å². The van der Waals surface area contributed by atoms with Crippen LogP contribution < -0.4 is 10.1 Å². The Morgan fingerprint density at radius 2 is 2.25 bits per heavy atom. The Morgan fingerprint density at radius 3 is 2.95 bits per heavy atom. The number of aromatic nitrogens is 1. The van der Waals surface area contributed by atoms with E-state index < -0.39 is 0 Å². The van der Waals surface area contributed by atoms with Crippen molar-refractivity contribution >= 4 is 15.9 Å². The molecular weight excluding hydrogens is 320 g/mol. The fourth-order valence-electron chi connectivity index (χ4n) is 2.01. The molecule has 0 bridgehead atoms. The highest BCUT2D eigenvalue weighted by molar-refractivity contribution is 9.10. The van der Waals surface area contributed by atoms with Crippen molar-refractivity contribution in [2.45, 2.75) is 39.0 Å². The van der Waals surface area contributed by atoms with Crippen molar-refractivity contribution in [3.8, 4) is 5.75 Å². The van der Waals surface area contributed by atoms with Gasteiger partial charge >= 0.3 is 0 Å². The van der Waals surface area contributed by atoms with Gasteiger partial charge in [0.1, 0.15) is 23.8 Å². The molecule has 1 saturated carbocycles. The van der Waals surface area contributed by atoms with Crippen molar-refractivity contribution in [1.29, 1.82) is 0 Å². The molecule has 1 fully saturated rings. The molecule has 0 radical (unpaired) electrons. The highest BCUT2D eigenvalue weighted by Gasteiger charge is 2.20. The SMILES string of the molecule is Cc1cc(COc2ccc(Br)cc2CNC2CC2)no1. The van der Waals surface area contributed by atoms with Crippen LogP contribution in [0, 0.1) is 6.92 Å². The third-order valence-corrected chi connectivity index (χ3v) is 3.73. The van der Waals surface area contributed by atoms with E-state index in [9.17, 15) is 0 Å². The number of ether oxygens (including phenoxy) is 1. The number of benzene rings is 1. The molecule has 0 spiro atoms. The lowest BCUT2D eigenvalue weighted by Crippen LogP contribution is -2.16. The number of nitrogens with one attached hydrogen (secondary N) is 1. The quantitative estimate of drug-likeness (QED) is 0.875. The van der Waals surface area contributed by atoms with Gasteiger partial charge in [-0.25, -0.2) is 0 Å².